The van der Waals surface area contributed by atoms with Crippen LogP contribution in [-0.4, -0.2) is 37.1 Å². The molecule has 1 rings (SSSR count). The first kappa shape index (κ1) is 8.97. The van der Waals surface area contributed by atoms with Crippen molar-refractivity contribution < 1.29 is 0 Å². The van der Waals surface area contributed by atoms with Gasteiger partial charge in [-0.3, -0.25) is 0 Å². The van der Waals surface area contributed by atoms with Crippen molar-refractivity contribution in [1.29, 1.82) is 0 Å². The monoisotopic (exact) mass is 157 g/mol. The fraction of sp³-hybridized carbons (Fsp3) is 1.00. The summed E-state index contributed by atoms with van der Waals surface area (Å²) < 4.78 is 0. The van der Waals surface area contributed by atoms with Crippen LogP contribution >= 0.6 is 0 Å². The minimum Gasteiger partial charge on any atom is -0.330 e. The molecule has 0 aromatic rings. The quantitative estimate of drug-likeness (QED) is 0.574. The van der Waals surface area contributed by atoms with Gasteiger partial charge < -0.3 is 16.4 Å². The summed E-state index contributed by atoms with van der Waals surface area (Å²) in [6, 6.07) is 0.336. The van der Waals surface area contributed by atoms with Crippen molar-refractivity contribution in [3.05, 3.63) is 0 Å². The van der Waals surface area contributed by atoms with Gasteiger partial charge in [-0.1, -0.05) is 6.92 Å². The van der Waals surface area contributed by atoms with Crippen molar-refractivity contribution >= 4 is 0 Å². The van der Waals surface area contributed by atoms with Crippen LogP contribution < -0.4 is 11.5 Å². The SMILES string of the molecule is CCN1CCC(N)C(CN)C1. The largest absolute Gasteiger partial charge is 0.330 e. The van der Waals surface area contributed by atoms with Crippen LogP contribution in [0.3, 0.4) is 0 Å². The first-order chi connectivity index (χ1) is 5.27. The van der Waals surface area contributed by atoms with E-state index in [2.05, 4.69) is 11.8 Å². The van der Waals surface area contributed by atoms with Gasteiger partial charge in [0.15, 0.2) is 0 Å². The number of piperidine rings is 1. The van der Waals surface area contributed by atoms with E-state index in [-0.39, 0.29) is 0 Å². The topological polar surface area (TPSA) is 55.3 Å². The lowest BCUT2D eigenvalue weighted by Gasteiger charge is -2.35. The second kappa shape index (κ2) is 4.04. The van der Waals surface area contributed by atoms with Gasteiger partial charge in [-0.05, 0) is 32.0 Å². The molecule has 0 bridgehead atoms. The van der Waals surface area contributed by atoms with Crippen molar-refractivity contribution in [1.82, 2.24) is 4.90 Å². The molecule has 2 unspecified atom stereocenters. The summed E-state index contributed by atoms with van der Waals surface area (Å²) in [5.74, 6) is 0.517. The van der Waals surface area contributed by atoms with Crippen molar-refractivity contribution in [3.63, 3.8) is 0 Å². The van der Waals surface area contributed by atoms with Gasteiger partial charge >= 0.3 is 0 Å². The average Bonchev–Trinajstić information content (AvgIpc) is 2.05. The molecule has 0 radical (unpaired) electrons. The van der Waals surface area contributed by atoms with Gasteiger partial charge in [0.05, 0.1) is 0 Å². The van der Waals surface area contributed by atoms with Crippen LogP contribution in [0.4, 0.5) is 0 Å². The Balaban J connectivity index is 2.37. The van der Waals surface area contributed by atoms with E-state index in [1.54, 1.807) is 0 Å². The second-order valence-corrected chi connectivity index (χ2v) is 3.34. The van der Waals surface area contributed by atoms with Crippen LogP contribution in [0.5, 0.6) is 0 Å². The molecule has 0 saturated carbocycles. The summed E-state index contributed by atoms with van der Waals surface area (Å²) in [5.41, 5.74) is 11.5. The molecule has 66 valence electrons. The van der Waals surface area contributed by atoms with Crippen LogP contribution in [0.15, 0.2) is 0 Å². The van der Waals surface area contributed by atoms with Crippen LogP contribution in [-0.2, 0) is 0 Å². The highest BCUT2D eigenvalue weighted by atomic mass is 15.1. The lowest BCUT2D eigenvalue weighted by molar-refractivity contribution is 0.166. The Bertz CT molecular complexity index is 116. The van der Waals surface area contributed by atoms with Crippen LogP contribution in [0.25, 0.3) is 0 Å². The summed E-state index contributed by atoms with van der Waals surface area (Å²) in [6.07, 6.45) is 1.11. The highest BCUT2D eigenvalue weighted by Crippen LogP contribution is 2.13. The number of likely N-dealkylation sites (tertiary alicyclic amines) is 1. The smallest absolute Gasteiger partial charge is 0.0104 e. The van der Waals surface area contributed by atoms with Gasteiger partial charge in [0.2, 0.25) is 0 Å². The van der Waals surface area contributed by atoms with E-state index in [9.17, 15) is 0 Å². The minimum absolute atomic E-state index is 0.336. The molecule has 2 atom stereocenters. The number of nitrogens with two attached hydrogens (primary N) is 2. The Morgan fingerprint density at radius 1 is 1.55 bits per heavy atom. The van der Waals surface area contributed by atoms with Crippen molar-refractivity contribution in [2.75, 3.05) is 26.2 Å². The maximum Gasteiger partial charge on any atom is 0.0104 e. The normalized spacial score (nSPS) is 34.1. The van der Waals surface area contributed by atoms with Crippen LogP contribution in [0.2, 0.25) is 0 Å². The first-order valence-corrected chi connectivity index (χ1v) is 4.46. The maximum absolute atomic E-state index is 5.90. The fourth-order valence-electron chi connectivity index (χ4n) is 1.66. The zero-order valence-electron chi connectivity index (χ0n) is 7.29. The van der Waals surface area contributed by atoms with Crippen LogP contribution in [0, 0.1) is 5.92 Å². The lowest BCUT2D eigenvalue weighted by Crippen LogP contribution is -2.49. The van der Waals surface area contributed by atoms with Gasteiger partial charge in [0, 0.05) is 12.6 Å². The predicted molar refractivity (Wildman–Crippen MR) is 47.3 cm³/mol. The molecule has 1 saturated heterocycles. The molecule has 1 aliphatic heterocycles. The van der Waals surface area contributed by atoms with Crippen molar-refractivity contribution in [3.8, 4) is 0 Å². The summed E-state index contributed by atoms with van der Waals surface area (Å²) in [4.78, 5) is 2.42. The highest BCUT2D eigenvalue weighted by Gasteiger charge is 2.24. The third-order valence-electron chi connectivity index (χ3n) is 2.63. The standard InChI is InChI=1S/C8H19N3/c1-2-11-4-3-8(10)7(5-9)6-11/h7-8H,2-6,9-10H2,1H3. The number of rotatable bonds is 2. The first-order valence-electron chi connectivity index (χ1n) is 4.46. The summed E-state index contributed by atoms with van der Waals surface area (Å²) in [5, 5.41) is 0. The highest BCUT2D eigenvalue weighted by molar-refractivity contribution is 4.82. The minimum atomic E-state index is 0.336. The lowest BCUT2D eigenvalue weighted by atomic mass is 9.93. The molecular weight excluding hydrogens is 138 g/mol. The molecular formula is C8H19N3. The maximum atomic E-state index is 5.90. The van der Waals surface area contributed by atoms with Gasteiger partial charge in [-0.25, -0.2) is 0 Å². The van der Waals surface area contributed by atoms with E-state index in [0.29, 0.717) is 12.0 Å². The molecule has 11 heavy (non-hydrogen) atoms. The molecule has 3 heteroatoms. The fourth-order valence-corrected chi connectivity index (χ4v) is 1.66. The van der Waals surface area contributed by atoms with Crippen LogP contribution in [0.1, 0.15) is 13.3 Å². The van der Waals surface area contributed by atoms with Crippen molar-refractivity contribution in [2.45, 2.75) is 19.4 Å². The Hall–Kier alpha value is -0.120. The molecule has 4 N–H and O–H groups in total. The van der Waals surface area contributed by atoms with Crippen molar-refractivity contribution in [2.24, 2.45) is 17.4 Å². The van der Waals surface area contributed by atoms with E-state index in [4.69, 9.17) is 11.5 Å². The molecule has 1 heterocycles. The zero-order chi connectivity index (χ0) is 8.27. The van der Waals surface area contributed by atoms with E-state index < -0.39 is 0 Å². The Labute approximate surface area is 68.7 Å². The second-order valence-electron chi connectivity index (χ2n) is 3.34. The molecule has 0 aliphatic carbocycles. The Morgan fingerprint density at radius 3 is 2.82 bits per heavy atom. The third-order valence-corrected chi connectivity index (χ3v) is 2.63. The number of hydrogen-bond acceptors (Lipinski definition) is 3. The molecule has 1 aliphatic rings. The molecule has 0 aromatic carbocycles. The van der Waals surface area contributed by atoms with E-state index in [0.717, 1.165) is 32.6 Å². The van der Waals surface area contributed by atoms with Gasteiger partial charge in [0.1, 0.15) is 0 Å². The van der Waals surface area contributed by atoms with Gasteiger partial charge in [0.25, 0.3) is 0 Å². The van der Waals surface area contributed by atoms with E-state index >= 15 is 0 Å². The molecule has 3 nitrogen and oxygen atoms in total. The third kappa shape index (κ3) is 2.15. The van der Waals surface area contributed by atoms with E-state index in [1.165, 1.54) is 0 Å². The Kier molecular flexibility index (Phi) is 3.30. The zero-order valence-corrected chi connectivity index (χ0v) is 7.29. The molecule has 0 aromatic heterocycles. The molecule has 0 spiro atoms. The number of hydrogen-bond donors (Lipinski definition) is 2. The predicted octanol–water partition coefficient (Wildman–Crippen LogP) is -0.386. The molecule has 1 fully saturated rings. The number of nitrogens with zero attached hydrogens (tertiary/aromatic N) is 1. The molecule has 0 amide bonds. The van der Waals surface area contributed by atoms with E-state index in [1.807, 2.05) is 0 Å². The Morgan fingerprint density at radius 2 is 2.27 bits per heavy atom. The summed E-state index contributed by atoms with van der Waals surface area (Å²) >= 11 is 0. The summed E-state index contributed by atoms with van der Waals surface area (Å²) in [7, 11) is 0. The van der Waals surface area contributed by atoms with Gasteiger partial charge in [-0.15, -0.1) is 0 Å². The summed E-state index contributed by atoms with van der Waals surface area (Å²) in [6.45, 7) is 6.29. The van der Waals surface area contributed by atoms with Gasteiger partial charge in [-0.2, -0.15) is 0 Å². The average molecular weight is 157 g/mol.